The molecule has 1 N–H and O–H groups in total. The SMILES string of the molecule is COC(=O)CCc1csc(NCCCOCC(C)C)n1. The van der Waals surface area contributed by atoms with Crippen molar-refractivity contribution in [2.45, 2.75) is 33.1 Å². The highest BCUT2D eigenvalue weighted by molar-refractivity contribution is 7.13. The van der Waals surface area contributed by atoms with Gasteiger partial charge in [-0.25, -0.2) is 4.98 Å². The van der Waals surface area contributed by atoms with E-state index in [1.54, 1.807) is 11.3 Å². The lowest BCUT2D eigenvalue weighted by Crippen LogP contribution is -2.08. The number of anilines is 1. The van der Waals surface area contributed by atoms with E-state index in [0.717, 1.165) is 37.0 Å². The largest absolute Gasteiger partial charge is 0.469 e. The van der Waals surface area contributed by atoms with E-state index in [1.807, 2.05) is 5.38 Å². The van der Waals surface area contributed by atoms with Crippen LogP contribution in [0.3, 0.4) is 0 Å². The first-order valence-electron chi connectivity index (χ1n) is 6.94. The maximum absolute atomic E-state index is 11.0. The highest BCUT2D eigenvalue weighted by Gasteiger charge is 2.05. The molecule has 0 aliphatic rings. The fourth-order valence-electron chi connectivity index (χ4n) is 1.52. The second-order valence-electron chi connectivity index (χ2n) is 4.97. The van der Waals surface area contributed by atoms with Crippen molar-refractivity contribution in [3.63, 3.8) is 0 Å². The molecular formula is C14H24N2O3S. The summed E-state index contributed by atoms with van der Waals surface area (Å²) in [5, 5.41) is 6.14. The summed E-state index contributed by atoms with van der Waals surface area (Å²) in [4.78, 5) is 15.5. The Labute approximate surface area is 124 Å². The molecule has 0 spiro atoms. The molecule has 0 fully saturated rings. The minimum Gasteiger partial charge on any atom is -0.469 e. The van der Waals surface area contributed by atoms with E-state index < -0.39 is 0 Å². The number of ether oxygens (including phenoxy) is 2. The van der Waals surface area contributed by atoms with E-state index in [4.69, 9.17) is 4.74 Å². The Morgan fingerprint density at radius 3 is 3.00 bits per heavy atom. The van der Waals surface area contributed by atoms with E-state index in [0.29, 0.717) is 18.8 Å². The maximum Gasteiger partial charge on any atom is 0.305 e. The molecule has 1 heterocycles. The van der Waals surface area contributed by atoms with Crippen molar-refractivity contribution in [3.8, 4) is 0 Å². The molecule has 0 atom stereocenters. The van der Waals surface area contributed by atoms with Crippen LogP contribution in [-0.4, -0.2) is 37.8 Å². The predicted octanol–water partition coefficient (Wildman–Crippen LogP) is 2.72. The Kier molecular flexibility index (Phi) is 8.22. The Bertz CT molecular complexity index is 394. The fraction of sp³-hybridized carbons (Fsp3) is 0.714. The molecule has 0 aromatic carbocycles. The van der Waals surface area contributed by atoms with Gasteiger partial charge in [0.25, 0.3) is 0 Å². The lowest BCUT2D eigenvalue weighted by Gasteiger charge is -2.06. The van der Waals surface area contributed by atoms with Gasteiger partial charge in [-0.3, -0.25) is 4.79 Å². The third-order valence-electron chi connectivity index (χ3n) is 2.56. The summed E-state index contributed by atoms with van der Waals surface area (Å²) in [5.41, 5.74) is 0.930. The van der Waals surface area contributed by atoms with Gasteiger partial charge in [0.1, 0.15) is 0 Å². The van der Waals surface area contributed by atoms with Crippen LogP contribution in [0.5, 0.6) is 0 Å². The number of aromatic nitrogens is 1. The van der Waals surface area contributed by atoms with Crippen molar-refractivity contribution in [1.82, 2.24) is 4.98 Å². The summed E-state index contributed by atoms with van der Waals surface area (Å²) >= 11 is 1.56. The van der Waals surface area contributed by atoms with E-state index in [-0.39, 0.29) is 5.97 Å². The van der Waals surface area contributed by atoms with Crippen LogP contribution in [0.1, 0.15) is 32.4 Å². The molecule has 6 heteroatoms. The Balaban J connectivity index is 2.12. The van der Waals surface area contributed by atoms with Crippen molar-refractivity contribution >= 4 is 22.4 Å². The first kappa shape index (κ1) is 16.9. The smallest absolute Gasteiger partial charge is 0.305 e. The first-order valence-corrected chi connectivity index (χ1v) is 7.82. The van der Waals surface area contributed by atoms with Crippen LogP contribution in [-0.2, 0) is 20.7 Å². The van der Waals surface area contributed by atoms with Crippen LogP contribution in [0.4, 0.5) is 5.13 Å². The van der Waals surface area contributed by atoms with Crippen molar-refractivity contribution in [1.29, 1.82) is 0 Å². The molecule has 0 unspecified atom stereocenters. The van der Waals surface area contributed by atoms with E-state index in [9.17, 15) is 4.79 Å². The maximum atomic E-state index is 11.0. The van der Waals surface area contributed by atoms with Gasteiger partial charge in [0.05, 0.1) is 19.2 Å². The second kappa shape index (κ2) is 9.72. The van der Waals surface area contributed by atoms with E-state index in [1.165, 1.54) is 7.11 Å². The number of nitrogens with zero attached hydrogens (tertiary/aromatic N) is 1. The lowest BCUT2D eigenvalue weighted by molar-refractivity contribution is -0.140. The molecule has 1 rings (SSSR count). The van der Waals surface area contributed by atoms with Crippen LogP contribution in [0, 0.1) is 5.92 Å². The van der Waals surface area contributed by atoms with E-state index in [2.05, 4.69) is 28.9 Å². The normalized spacial score (nSPS) is 10.8. The van der Waals surface area contributed by atoms with Gasteiger partial charge < -0.3 is 14.8 Å². The van der Waals surface area contributed by atoms with Crippen LogP contribution < -0.4 is 5.32 Å². The summed E-state index contributed by atoms with van der Waals surface area (Å²) in [7, 11) is 1.40. The molecule has 0 saturated carbocycles. The Morgan fingerprint density at radius 2 is 2.30 bits per heavy atom. The number of rotatable bonds is 10. The first-order chi connectivity index (χ1) is 9.61. The molecule has 114 valence electrons. The lowest BCUT2D eigenvalue weighted by atomic mass is 10.2. The molecule has 20 heavy (non-hydrogen) atoms. The molecule has 0 aliphatic carbocycles. The Hall–Kier alpha value is -1.14. The van der Waals surface area contributed by atoms with Gasteiger partial charge in [-0.2, -0.15) is 0 Å². The molecule has 0 aliphatic heterocycles. The number of carbonyl (C=O) groups excluding carboxylic acids is 1. The molecule has 0 radical (unpaired) electrons. The summed E-state index contributed by atoms with van der Waals surface area (Å²) in [6.45, 7) is 6.72. The molecule has 1 aromatic rings. The van der Waals surface area contributed by atoms with Crippen LogP contribution in [0.2, 0.25) is 0 Å². The van der Waals surface area contributed by atoms with Gasteiger partial charge in [0.15, 0.2) is 5.13 Å². The number of thiazole rings is 1. The predicted molar refractivity (Wildman–Crippen MR) is 81.2 cm³/mol. The number of aryl methyl sites for hydroxylation is 1. The number of esters is 1. The van der Waals surface area contributed by atoms with Gasteiger partial charge >= 0.3 is 5.97 Å². The third kappa shape index (κ3) is 7.45. The zero-order valence-corrected chi connectivity index (χ0v) is 13.3. The molecule has 5 nitrogen and oxygen atoms in total. The van der Waals surface area contributed by atoms with Gasteiger partial charge in [0.2, 0.25) is 0 Å². The van der Waals surface area contributed by atoms with E-state index >= 15 is 0 Å². The minimum absolute atomic E-state index is 0.199. The number of hydrogen-bond acceptors (Lipinski definition) is 6. The van der Waals surface area contributed by atoms with Crippen LogP contribution in [0.15, 0.2) is 5.38 Å². The average Bonchev–Trinajstić information content (AvgIpc) is 2.87. The Morgan fingerprint density at radius 1 is 1.50 bits per heavy atom. The van der Waals surface area contributed by atoms with Crippen molar-refractivity contribution in [2.24, 2.45) is 5.92 Å². The molecule has 0 saturated heterocycles. The minimum atomic E-state index is -0.199. The monoisotopic (exact) mass is 300 g/mol. The van der Waals surface area contributed by atoms with Gasteiger partial charge in [-0.05, 0) is 12.3 Å². The average molecular weight is 300 g/mol. The number of nitrogens with one attached hydrogen (secondary N) is 1. The number of methoxy groups -OCH3 is 1. The van der Waals surface area contributed by atoms with Crippen molar-refractivity contribution in [2.75, 3.05) is 32.2 Å². The quantitative estimate of drug-likeness (QED) is 0.532. The van der Waals surface area contributed by atoms with Crippen molar-refractivity contribution in [3.05, 3.63) is 11.1 Å². The summed E-state index contributed by atoms with van der Waals surface area (Å²) in [5.74, 6) is 0.383. The molecular weight excluding hydrogens is 276 g/mol. The van der Waals surface area contributed by atoms with Gasteiger partial charge in [-0.1, -0.05) is 13.8 Å². The summed E-state index contributed by atoms with van der Waals surface area (Å²) < 4.78 is 10.1. The van der Waals surface area contributed by atoms with Crippen LogP contribution >= 0.6 is 11.3 Å². The zero-order valence-electron chi connectivity index (χ0n) is 12.5. The zero-order chi connectivity index (χ0) is 14.8. The molecule has 0 bridgehead atoms. The number of hydrogen-bond donors (Lipinski definition) is 1. The highest BCUT2D eigenvalue weighted by Crippen LogP contribution is 2.16. The van der Waals surface area contributed by atoms with Gasteiger partial charge in [-0.15, -0.1) is 11.3 Å². The molecule has 1 aromatic heterocycles. The topological polar surface area (TPSA) is 60.5 Å². The third-order valence-corrected chi connectivity index (χ3v) is 3.41. The molecule has 0 amide bonds. The number of carbonyl (C=O) groups is 1. The van der Waals surface area contributed by atoms with Gasteiger partial charge in [0, 0.05) is 31.6 Å². The van der Waals surface area contributed by atoms with Crippen LogP contribution in [0.25, 0.3) is 0 Å². The summed E-state index contributed by atoms with van der Waals surface area (Å²) in [6.07, 6.45) is 1.97. The summed E-state index contributed by atoms with van der Waals surface area (Å²) in [6, 6.07) is 0. The second-order valence-corrected chi connectivity index (χ2v) is 5.83. The highest BCUT2D eigenvalue weighted by atomic mass is 32.1. The standard InChI is InChI=1S/C14H24N2O3S/c1-11(2)9-19-8-4-7-15-14-16-12(10-20-14)5-6-13(17)18-3/h10-11H,4-9H2,1-3H3,(H,15,16). The fourth-order valence-corrected chi connectivity index (χ4v) is 2.30. The van der Waals surface area contributed by atoms with Crippen molar-refractivity contribution < 1.29 is 14.3 Å².